The van der Waals surface area contributed by atoms with Gasteiger partial charge in [0, 0.05) is 0 Å². The Hall–Kier alpha value is -2.57. The summed E-state index contributed by atoms with van der Waals surface area (Å²) in [6.45, 7) is 2.36. The highest BCUT2D eigenvalue weighted by atomic mass is 16.6. The molecule has 20 heavy (non-hydrogen) atoms. The van der Waals surface area contributed by atoms with E-state index in [1.807, 2.05) is 0 Å². The number of benzene rings is 1. The third-order valence-electron chi connectivity index (χ3n) is 2.58. The first-order chi connectivity index (χ1) is 9.70. The maximum atomic E-state index is 11.7. The van der Waals surface area contributed by atoms with E-state index in [4.69, 9.17) is 9.47 Å². The molecule has 0 aliphatic heterocycles. The van der Waals surface area contributed by atoms with Crippen molar-refractivity contribution in [2.45, 2.75) is 6.92 Å². The maximum absolute atomic E-state index is 11.7. The average molecular weight is 277 g/mol. The lowest BCUT2D eigenvalue weighted by atomic mass is 10.3. The second-order valence-corrected chi connectivity index (χ2v) is 3.98. The van der Waals surface area contributed by atoms with E-state index in [2.05, 4.69) is 20.3 Å². The smallest absolute Gasteiger partial charge is 0.275 e. The highest BCUT2D eigenvalue weighted by Crippen LogP contribution is 2.16. The van der Waals surface area contributed by atoms with Crippen LogP contribution in [0, 0.1) is 6.92 Å². The Labute approximate surface area is 115 Å². The fraction of sp³-hybridized carbons (Fsp3) is 0.308. The average Bonchev–Trinajstić information content (AvgIpc) is 2.90. The Morgan fingerprint density at radius 3 is 2.55 bits per heavy atom. The normalized spacial score (nSPS) is 10.1. The lowest BCUT2D eigenvalue weighted by molar-refractivity contribution is 0.0936. The van der Waals surface area contributed by atoms with Gasteiger partial charge in [-0.1, -0.05) is 5.16 Å². The molecule has 0 fully saturated rings. The third kappa shape index (κ3) is 3.47. The number of nitrogens with one attached hydrogen (secondary N) is 1. The molecule has 0 radical (unpaired) electrons. The van der Waals surface area contributed by atoms with Gasteiger partial charge in [-0.25, -0.2) is 4.63 Å². The first-order valence-electron chi connectivity index (χ1n) is 6.05. The predicted molar refractivity (Wildman–Crippen MR) is 69.9 cm³/mol. The quantitative estimate of drug-likeness (QED) is 0.798. The monoisotopic (exact) mass is 277 g/mol. The number of nitrogens with zero attached hydrogens (tertiary/aromatic N) is 2. The zero-order valence-electron chi connectivity index (χ0n) is 11.3. The van der Waals surface area contributed by atoms with Crippen LogP contribution in [0.15, 0.2) is 28.9 Å². The number of ether oxygens (including phenoxy) is 2. The molecule has 0 aliphatic rings. The van der Waals surface area contributed by atoms with E-state index >= 15 is 0 Å². The summed E-state index contributed by atoms with van der Waals surface area (Å²) in [5.74, 6) is 1.14. The van der Waals surface area contributed by atoms with Crippen molar-refractivity contribution in [1.82, 2.24) is 15.6 Å². The molecule has 2 rings (SSSR count). The van der Waals surface area contributed by atoms with Crippen LogP contribution in [-0.4, -0.2) is 36.5 Å². The molecule has 1 N–H and O–H groups in total. The zero-order valence-corrected chi connectivity index (χ0v) is 11.3. The van der Waals surface area contributed by atoms with E-state index in [1.165, 1.54) is 0 Å². The lowest BCUT2D eigenvalue weighted by Gasteiger charge is -2.07. The standard InChI is InChI=1S/C13H15N3O4/c1-9-12(16-20-15-9)13(17)14-7-8-19-11-5-3-10(18-2)4-6-11/h3-6H,7-8H2,1-2H3,(H,14,17). The predicted octanol–water partition coefficient (Wildman–Crippen LogP) is 1.20. The first-order valence-corrected chi connectivity index (χ1v) is 6.05. The van der Waals surface area contributed by atoms with Crippen LogP contribution in [0.5, 0.6) is 11.5 Å². The van der Waals surface area contributed by atoms with Gasteiger partial charge in [-0.15, -0.1) is 0 Å². The summed E-state index contributed by atoms with van der Waals surface area (Å²) < 4.78 is 15.0. The van der Waals surface area contributed by atoms with Gasteiger partial charge >= 0.3 is 0 Å². The fourth-order valence-corrected chi connectivity index (χ4v) is 1.53. The number of carbonyl (C=O) groups is 1. The maximum Gasteiger partial charge on any atom is 0.275 e. The van der Waals surface area contributed by atoms with Crippen molar-refractivity contribution in [1.29, 1.82) is 0 Å². The Morgan fingerprint density at radius 2 is 1.95 bits per heavy atom. The first kappa shape index (κ1) is 13.9. The van der Waals surface area contributed by atoms with Gasteiger partial charge in [-0.3, -0.25) is 4.79 Å². The van der Waals surface area contributed by atoms with Gasteiger partial charge in [0.25, 0.3) is 5.91 Å². The van der Waals surface area contributed by atoms with Crippen molar-refractivity contribution in [3.05, 3.63) is 35.7 Å². The SMILES string of the molecule is COc1ccc(OCCNC(=O)c2nonc2C)cc1. The van der Waals surface area contributed by atoms with Crippen LogP contribution in [0.25, 0.3) is 0 Å². The van der Waals surface area contributed by atoms with Crippen molar-refractivity contribution >= 4 is 5.91 Å². The number of carbonyl (C=O) groups excluding carboxylic acids is 1. The van der Waals surface area contributed by atoms with Crippen LogP contribution in [0.3, 0.4) is 0 Å². The van der Waals surface area contributed by atoms with Crippen LogP contribution in [0.4, 0.5) is 0 Å². The van der Waals surface area contributed by atoms with Gasteiger partial charge in [0.05, 0.1) is 13.7 Å². The van der Waals surface area contributed by atoms with Crippen molar-refractivity contribution < 1.29 is 18.9 Å². The number of aryl methyl sites for hydroxylation is 1. The minimum Gasteiger partial charge on any atom is -0.497 e. The van der Waals surface area contributed by atoms with Gasteiger partial charge in [-0.2, -0.15) is 0 Å². The molecular weight excluding hydrogens is 262 g/mol. The molecule has 1 aromatic carbocycles. The van der Waals surface area contributed by atoms with Crippen LogP contribution < -0.4 is 14.8 Å². The number of hydrogen-bond donors (Lipinski definition) is 1. The lowest BCUT2D eigenvalue weighted by Crippen LogP contribution is -2.28. The third-order valence-corrected chi connectivity index (χ3v) is 2.58. The van der Waals surface area contributed by atoms with E-state index in [-0.39, 0.29) is 11.6 Å². The Kier molecular flexibility index (Phi) is 4.54. The second kappa shape index (κ2) is 6.55. The summed E-state index contributed by atoms with van der Waals surface area (Å²) in [5.41, 5.74) is 0.646. The molecule has 0 unspecified atom stereocenters. The molecule has 106 valence electrons. The van der Waals surface area contributed by atoms with Gasteiger partial charge < -0.3 is 14.8 Å². The molecule has 0 aliphatic carbocycles. The number of hydrogen-bond acceptors (Lipinski definition) is 6. The zero-order chi connectivity index (χ0) is 14.4. The van der Waals surface area contributed by atoms with Crippen LogP contribution in [-0.2, 0) is 0 Å². The van der Waals surface area contributed by atoms with E-state index < -0.39 is 0 Å². The van der Waals surface area contributed by atoms with Gasteiger partial charge in [-0.05, 0) is 36.3 Å². The summed E-state index contributed by atoms with van der Waals surface area (Å²) >= 11 is 0. The molecule has 0 saturated carbocycles. The van der Waals surface area contributed by atoms with Crippen LogP contribution in [0.2, 0.25) is 0 Å². The molecule has 0 spiro atoms. The van der Waals surface area contributed by atoms with E-state index in [1.54, 1.807) is 38.3 Å². The molecule has 0 bridgehead atoms. The van der Waals surface area contributed by atoms with Crippen molar-refractivity contribution in [3.63, 3.8) is 0 Å². The number of methoxy groups -OCH3 is 1. The highest BCUT2D eigenvalue weighted by Gasteiger charge is 2.13. The molecule has 7 nitrogen and oxygen atoms in total. The Bertz CT molecular complexity index is 565. The van der Waals surface area contributed by atoms with E-state index in [0.29, 0.717) is 24.6 Å². The summed E-state index contributed by atoms with van der Waals surface area (Å²) in [6.07, 6.45) is 0. The van der Waals surface area contributed by atoms with Gasteiger partial charge in [0.2, 0.25) is 0 Å². The van der Waals surface area contributed by atoms with Crippen molar-refractivity contribution in [3.8, 4) is 11.5 Å². The molecule has 0 atom stereocenters. The number of amides is 1. The molecule has 7 heteroatoms. The van der Waals surface area contributed by atoms with E-state index in [0.717, 1.165) is 5.75 Å². The van der Waals surface area contributed by atoms with Gasteiger partial charge in [0.1, 0.15) is 23.8 Å². The molecule has 2 aromatic rings. The number of aromatic nitrogens is 2. The second-order valence-electron chi connectivity index (χ2n) is 3.98. The van der Waals surface area contributed by atoms with Crippen LogP contribution in [0.1, 0.15) is 16.2 Å². The molecule has 1 aromatic heterocycles. The Balaban J connectivity index is 1.73. The largest absolute Gasteiger partial charge is 0.497 e. The Morgan fingerprint density at radius 1 is 1.25 bits per heavy atom. The summed E-state index contributed by atoms with van der Waals surface area (Å²) in [5, 5.41) is 9.73. The highest BCUT2D eigenvalue weighted by molar-refractivity contribution is 5.92. The summed E-state index contributed by atoms with van der Waals surface area (Å²) in [6, 6.07) is 7.20. The number of rotatable bonds is 6. The van der Waals surface area contributed by atoms with Crippen LogP contribution >= 0.6 is 0 Å². The minimum absolute atomic E-state index is 0.189. The van der Waals surface area contributed by atoms with Crippen molar-refractivity contribution in [2.24, 2.45) is 0 Å². The molecular formula is C13H15N3O4. The molecule has 1 heterocycles. The fourth-order valence-electron chi connectivity index (χ4n) is 1.53. The van der Waals surface area contributed by atoms with E-state index in [9.17, 15) is 4.79 Å². The van der Waals surface area contributed by atoms with Crippen molar-refractivity contribution in [2.75, 3.05) is 20.3 Å². The summed E-state index contributed by atoms with van der Waals surface area (Å²) in [4.78, 5) is 11.7. The molecule has 1 amide bonds. The minimum atomic E-state index is -0.331. The topological polar surface area (TPSA) is 86.5 Å². The van der Waals surface area contributed by atoms with Gasteiger partial charge in [0.15, 0.2) is 5.69 Å². The summed E-state index contributed by atoms with van der Waals surface area (Å²) in [7, 11) is 1.60. The molecule has 0 saturated heterocycles.